The highest BCUT2D eigenvalue weighted by Gasteiger charge is 2.49. The van der Waals surface area contributed by atoms with E-state index in [0.717, 1.165) is 12.5 Å². The molecular formula is C19H31N. The van der Waals surface area contributed by atoms with E-state index >= 15 is 0 Å². The number of benzene rings is 1. The minimum absolute atomic E-state index is 0.355. The number of nitrogens with one attached hydrogen (secondary N) is 1. The van der Waals surface area contributed by atoms with Gasteiger partial charge in [-0.1, -0.05) is 58.9 Å². The normalized spacial score (nSPS) is 26.6. The minimum atomic E-state index is 0.355. The van der Waals surface area contributed by atoms with Crippen molar-refractivity contribution in [3.8, 4) is 0 Å². The third-order valence-electron chi connectivity index (χ3n) is 5.06. The van der Waals surface area contributed by atoms with Crippen LogP contribution in [0.4, 0.5) is 0 Å². The van der Waals surface area contributed by atoms with Crippen molar-refractivity contribution in [2.45, 2.75) is 65.8 Å². The fraction of sp³-hybridized carbons (Fsp3) is 0.684. The van der Waals surface area contributed by atoms with Crippen LogP contribution in [-0.2, 0) is 5.41 Å². The second-order valence-electron chi connectivity index (χ2n) is 8.10. The number of hydrogen-bond donors (Lipinski definition) is 1. The van der Waals surface area contributed by atoms with Crippen LogP contribution in [0.15, 0.2) is 24.3 Å². The van der Waals surface area contributed by atoms with Gasteiger partial charge >= 0.3 is 0 Å². The highest BCUT2D eigenvalue weighted by atomic mass is 14.9. The SMILES string of the molecule is Cc1ccccc1C1(CNC(C)C)CC(C(C)(C)C)C1. The van der Waals surface area contributed by atoms with Crippen LogP contribution in [0.5, 0.6) is 0 Å². The maximum absolute atomic E-state index is 3.69. The summed E-state index contributed by atoms with van der Waals surface area (Å²) in [4.78, 5) is 0. The van der Waals surface area contributed by atoms with Gasteiger partial charge in [-0.15, -0.1) is 0 Å². The highest BCUT2D eigenvalue weighted by molar-refractivity contribution is 5.36. The van der Waals surface area contributed by atoms with Gasteiger partial charge in [0, 0.05) is 18.0 Å². The second kappa shape index (κ2) is 5.52. The molecule has 112 valence electrons. The van der Waals surface area contributed by atoms with Crippen LogP contribution in [0, 0.1) is 18.3 Å². The number of rotatable bonds is 4. The van der Waals surface area contributed by atoms with Crippen LogP contribution in [0.3, 0.4) is 0 Å². The van der Waals surface area contributed by atoms with Gasteiger partial charge in [-0.2, -0.15) is 0 Å². The zero-order chi connectivity index (χ0) is 15.0. The molecule has 1 aliphatic rings. The largest absolute Gasteiger partial charge is 0.314 e. The van der Waals surface area contributed by atoms with Crippen molar-refractivity contribution in [1.29, 1.82) is 0 Å². The van der Waals surface area contributed by atoms with Gasteiger partial charge in [-0.3, -0.25) is 0 Å². The summed E-state index contributed by atoms with van der Waals surface area (Å²) in [6.45, 7) is 15.0. The van der Waals surface area contributed by atoms with E-state index in [0.29, 0.717) is 16.9 Å². The van der Waals surface area contributed by atoms with Crippen LogP contribution >= 0.6 is 0 Å². The Morgan fingerprint density at radius 2 is 1.80 bits per heavy atom. The molecule has 0 saturated heterocycles. The van der Waals surface area contributed by atoms with Crippen molar-refractivity contribution in [2.24, 2.45) is 11.3 Å². The highest BCUT2D eigenvalue weighted by Crippen LogP contribution is 2.54. The number of hydrogen-bond acceptors (Lipinski definition) is 1. The Morgan fingerprint density at radius 1 is 1.20 bits per heavy atom. The van der Waals surface area contributed by atoms with Crippen molar-refractivity contribution in [2.75, 3.05) is 6.54 Å². The van der Waals surface area contributed by atoms with Crippen LogP contribution < -0.4 is 5.32 Å². The Kier molecular flexibility index (Phi) is 4.30. The van der Waals surface area contributed by atoms with E-state index < -0.39 is 0 Å². The average molecular weight is 273 g/mol. The van der Waals surface area contributed by atoms with Crippen LogP contribution in [0.25, 0.3) is 0 Å². The zero-order valence-corrected chi connectivity index (χ0v) is 14.1. The lowest BCUT2D eigenvalue weighted by molar-refractivity contribution is 0.0433. The molecule has 0 amide bonds. The molecule has 2 rings (SSSR count). The zero-order valence-electron chi connectivity index (χ0n) is 14.1. The Balaban J connectivity index is 2.22. The van der Waals surface area contributed by atoms with Crippen LogP contribution in [-0.4, -0.2) is 12.6 Å². The number of aryl methyl sites for hydroxylation is 1. The molecule has 0 aliphatic heterocycles. The van der Waals surface area contributed by atoms with Gasteiger partial charge in [0.25, 0.3) is 0 Å². The van der Waals surface area contributed by atoms with Gasteiger partial charge in [0.05, 0.1) is 0 Å². The molecule has 1 N–H and O–H groups in total. The van der Waals surface area contributed by atoms with Crippen molar-refractivity contribution in [1.82, 2.24) is 5.32 Å². The summed E-state index contributed by atoms with van der Waals surface area (Å²) in [5, 5.41) is 3.69. The van der Waals surface area contributed by atoms with Gasteiger partial charge in [0.2, 0.25) is 0 Å². The summed E-state index contributed by atoms with van der Waals surface area (Å²) in [6, 6.07) is 9.52. The molecule has 1 nitrogen and oxygen atoms in total. The van der Waals surface area contributed by atoms with Crippen molar-refractivity contribution in [3.63, 3.8) is 0 Å². The first-order chi connectivity index (χ1) is 9.24. The smallest absolute Gasteiger partial charge is 0.00861 e. The summed E-state index contributed by atoms with van der Waals surface area (Å²) in [5.74, 6) is 0.844. The molecule has 0 unspecified atom stereocenters. The minimum Gasteiger partial charge on any atom is -0.314 e. The Morgan fingerprint density at radius 3 is 2.30 bits per heavy atom. The maximum atomic E-state index is 3.69. The van der Waals surface area contributed by atoms with Crippen LogP contribution in [0.2, 0.25) is 0 Å². The summed E-state index contributed by atoms with van der Waals surface area (Å²) in [7, 11) is 0. The molecule has 1 aliphatic carbocycles. The third kappa shape index (κ3) is 3.09. The molecule has 0 bridgehead atoms. The summed E-state index contributed by atoms with van der Waals surface area (Å²) in [5.41, 5.74) is 3.80. The summed E-state index contributed by atoms with van der Waals surface area (Å²) < 4.78 is 0. The quantitative estimate of drug-likeness (QED) is 0.839. The molecule has 0 heterocycles. The van der Waals surface area contributed by atoms with E-state index in [2.05, 4.69) is 71.1 Å². The second-order valence-corrected chi connectivity index (χ2v) is 8.10. The molecule has 0 radical (unpaired) electrons. The Bertz CT molecular complexity index is 447. The third-order valence-corrected chi connectivity index (χ3v) is 5.06. The average Bonchev–Trinajstić information content (AvgIpc) is 2.27. The molecule has 20 heavy (non-hydrogen) atoms. The van der Waals surface area contributed by atoms with Gasteiger partial charge < -0.3 is 5.32 Å². The molecule has 0 spiro atoms. The van der Waals surface area contributed by atoms with E-state index in [4.69, 9.17) is 0 Å². The van der Waals surface area contributed by atoms with E-state index in [1.54, 1.807) is 5.56 Å². The topological polar surface area (TPSA) is 12.0 Å². The first-order valence-corrected chi connectivity index (χ1v) is 8.04. The van der Waals surface area contributed by atoms with Gasteiger partial charge in [-0.25, -0.2) is 0 Å². The van der Waals surface area contributed by atoms with E-state index in [9.17, 15) is 0 Å². The Hall–Kier alpha value is -0.820. The van der Waals surface area contributed by atoms with Crippen LogP contribution in [0.1, 0.15) is 58.6 Å². The van der Waals surface area contributed by atoms with E-state index in [1.165, 1.54) is 18.4 Å². The van der Waals surface area contributed by atoms with E-state index in [-0.39, 0.29) is 0 Å². The predicted molar refractivity (Wildman–Crippen MR) is 88.2 cm³/mol. The molecular weight excluding hydrogens is 242 g/mol. The molecule has 1 aromatic carbocycles. The molecule has 1 aromatic rings. The molecule has 1 saturated carbocycles. The lowest BCUT2D eigenvalue weighted by atomic mass is 9.52. The van der Waals surface area contributed by atoms with Gasteiger partial charge in [0.1, 0.15) is 0 Å². The molecule has 0 atom stereocenters. The monoisotopic (exact) mass is 273 g/mol. The maximum Gasteiger partial charge on any atom is 0.00861 e. The predicted octanol–water partition coefficient (Wildman–Crippen LogP) is 4.69. The first kappa shape index (κ1) is 15.6. The summed E-state index contributed by atoms with van der Waals surface area (Å²) >= 11 is 0. The standard InChI is InChI=1S/C19H31N/c1-14(2)20-13-19(11-16(12-19)18(4,5)6)17-10-8-7-9-15(17)3/h7-10,14,16,20H,11-13H2,1-6H3. The van der Waals surface area contributed by atoms with Gasteiger partial charge in [-0.05, 0) is 42.2 Å². The molecule has 1 heteroatoms. The first-order valence-electron chi connectivity index (χ1n) is 8.04. The van der Waals surface area contributed by atoms with Gasteiger partial charge in [0.15, 0.2) is 0 Å². The van der Waals surface area contributed by atoms with Crippen molar-refractivity contribution >= 4 is 0 Å². The van der Waals surface area contributed by atoms with E-state index in [1.807, 2.05) is 0 Å². The fourth-order valence-corrected chi connectivity index (χ4v) is 3.52. The molecule has 1 fully saturated rings. The summed E-state index contributed by atoms with van der Waals surface area (Å²) in [6.07, 6.45) is 2.64. The Labute approximate surface area is 125 Å². The molecule has 0 aromatic heterocycles. The fourth-order valence-electron chi connectivity index (χ4n) is 3.52. The van der Waals surface area contributed by atoms with Crippen molar-refractivity contribution in [3.05, 3.63) is 35.4 Å². The lowest BCUT2D eigenvalue weighted by Crippen LogP contribution is -2.53. The van der Waals surface area contributed by atoms with Crippen molar-refractivity contribution < 1.29 is 0 Å². The lowest BCUT2D eigenvalue weighted by Gasteiger charge is -2.54.